The van der Waals surface area contributed by atoms with Crippen molar-refractivity contribution in [2.24, 2.45) is 17.3 Å². The summed E-state index contributed by atoms with van der Waals surface area (Å²) in [7, 11) is 0. The molecule has 0 bridgehead atoms. The first-order valence-electron chi connectivity index (χ1n) is 4.33. The summed E-state index contributed by atoms with van der Waals surface area (Å²) in [5.74, 6) is 2.62. The van der Waals surface area contributed by atoms with E-state index in [4.69, 9.17) is 16.3 Å². The highest BCUT2D eigenvalue weighted by Crippen LogP contribution is 2.58. The second kappa shape index (κ2) is 3.59. The smallest absolute Gasteiger partial charge is 0.310 e. The van der Waals surface area contributed by atoms with E-state index >= 15 is 0 Å². The van der Waals surface area contributed by atoms with Gasteiger partial charge in [0.25, 0.3) is 0 Å². The van der Waals surface area contributed by atoms with Crippen LogP contribution in [0.3, 0.4) is 0 Å². The minimum Gasteiger partial charge on any atom is -0.466 e. The lowest BCUT2D eigenvalue weighted by Gasteiger charge is -2.01. The molecule has 0 aliphatic heterocycles. The van der Waals surface area contributed by atoms with Crippen molar-refractivity contribution >= 4 is 17.6 Å². The molecule has 0 amide bonds. The number of esters is 1. The third-order valence-electron chi connectivity index (χ3n) is 2.58. The van der Waals surface area contributed by atoms with Crippen LogP contribution in [0.25, 0.3) is 0 Å². The molecule has 1 aliphatic carbocycles. The predicted octanol–water partition coefficient (Wildman–Crippen LogP) is 2.02. The summed E-state index contributed by atoms with van der Waals surface area (Å²) < 4.78 is 4.93. The molecule has 0 unspecified atom stereocenters. The molecule has 0 aromatic rings. The van der Waals surface area contributed by atoms with Gasteiger partial charge in [-0.2, -0.15) is 0 Å². The standard InChI is InChI=1S/C10H13ClO2/c1-4-13-9(12)8-7(5-6-11)10(8,2)3/h7-8H,4H2,1-3H3/t7-,8+/m0/s1. The molecule has 0 radical (unpaired) electrons. The summed E-state index contributed by atoms with van der Waals surface area (Å²) in [4.78, 5) is 11.4. The maximum atomic E-state index is 11.4. The Kier molecular flexibility index (Phi) is 2.87. The molecule has 72 valence electrons. The van der Waals surface area contributed by atoms with Crippen LogP contribution >= 0.6 is 11.6 Å². The average Bonchev–Trinajstić information content (AvgIpc) is 2.55. The Morgan fingerprint density at radius 3 is 2.69 bits per heavy atom. The van der Waals surface area contributed by atoms with E-state index in [1.54, 1.807) is 6.92 Å². The minimum absolute atomic E-state index is 0.0593. The van der Waals surface area contributed by atoms with Crippen molar-refractivity contribution in [2.45, 2.75) is 20.8 Å². The Balaban J connectivity index is 2.63. The number of halogens is 1. The number of hydrogen-bond acceptors (Lipinski definition) is 2. The van der Waals surface area contributed by atoms with Crippen molar-refractivity contribution in [1.29, 1.82) is 0 Å². The molecular formula is C10H13ClO2. The molecule has 2 atom stereocenters. The van der Waals surface area contributed by atoms with Crippen LogP contribution in [0.15, 0.2) is 0 Å². The van der Waals surface area contributed by atoms with E-state index in [0.29, 0.717) is 6.61 Å². The molecule has 0 spiro atoms. The molecule has 1 saturated carbocycles. The van der Waals surface area contributed by atoms with Crippen LogP contribution in [0.1, 0.15) is 20.8 Å². The second-order valence-corrected chi connectivity index (χ2v) is 3.96. The van der Waals surface area contributed by atoms with Gasteiger partial charge in [-0.15, -0.1) is 0 Å². The Hall–Kier alpha value is -0.680. The van der Waals surface area contributed by atoms with E-state index < -0.39 is 0 Å². The van der Waals surface area contributed by atoms with E-state index in [2.05, 4.69) is 11.3 Å². The maximum Gasteiger partial charge on any atom is 0.310 e. The van der Waals surface area contributed by atoms with Crippen molar-refractivity contribution in [3.63, 3.8) is 0 Å². The van der Waals surface area contributed by atoms with Crippen molar-refractivity contribution in [1.82, 2.24) is 0 Å². The van der Waals surface area contributed by atoms with Crippen molar-refractivity contribution < 1.29 is 9.53 Å². The summed E-state index contributed by atoms with van der Waals surface area (Å²) in [5, 5.41) is 2.33. The van der Waals surface area contributed by atoms with Gasteiger partial charge in [-0.1, -0.05) is 19.8 Å². The number of rotatable bonds is 2. The van der Waals surface area contributed by atoms with Gasteiger partial charge in [0.15, 0.2) is 0 Å². The van der Waals surface area contributed by atoms with Gasteiger partial charge in [-0.3, -0.25) is 4.79 Å². The largest absolute Gasteiger partial charge is 0.466 e. The van der Waals surface area contributed by atoms with Crippen molar-refractivity contribution in [3.05, 3.63) is 0 Å². The molecule has 1 fully saturated rings. The quantitative estimate of drug-likeness (QED) is 0.504. The highest BCUT2D eigenvalue weighted by Gasteiger charge is 2.62. The van der Waals surface area contributed by atoms with Crippen LogP contribution in [0.2, 0.25) is 0 Å². The molecular weight excluding hydrogens is 188 g/mol. The molecule has 0 aromatic heterocycles. The number of hydrogen-bond donors (Lipinski definition) is 0. The van der Waals surface area contributed by atoms with Crippen molar-refractivity contribution in [3.8, 4) is 11.3 Å². The first-order valence-corrected chi connectivity index (χ1v) is 4.71. The molecule has 1 aliphatic rings. The van der Waals surface area contributed by atoms with E-state index in [1.165, 1.54) is 0 Å². The Labute approximate surface area is 83.6 Å². The lowest BCUT2D eigenvalue weighted by molar-refractivity contribution is -0.145. The number of carbonyl (C=O) groups excluding carboxylic acids is 1. The zero-order valence-corrected chi connectivity index (χ0v) is 8.81. The SMILES string of the molecule is CCOC(=O)[C@H]1[C@H](C#CCl)C1(C)C. The Morgan fingerprint density at radius 1 is 1.62 bits per heavy atom. The molecule has 13 heavy (non-hydrogen) atoms. The summed E-state index contributed by atoms with van der Waals surface area (Å²) in [6, 6.07) is 0. The van der Waals surface area contributed by atoms with Crippen LogP contribution in [0.5, 0.6) is 0 Å². The molecule has 0 heterocycles. The second-order valence-electron chi connectivity index (χ2n) is 3.77. The third kappa shape index (κ3) is 1.81. The summed E-state index contributed by atoms with van der Waals surface area (Å²) >= 11 is 5.30. The molecule has 2 nitrogen and oxygen atoms in total. The topological polar surface area (TPSA) is 26.3 Å². The zero-order valence-electron chi connectivity index (χ0n) is 8.06. The van der Waals surface area contributed by atoms with Crippen LogP contribution < -0.4 is 0 Å². The van der Waals surface area contributed by atoms with Gasteiger partial charge in [-0.05, 0) is 23.9 Å². The first-order chi connectivity index (χ1) is 6.05. The summed E-state index contributed by atoms with van der Waals surface area (Å²) in [5.41, 5.74) is -0.0753. The molecule has 0 N–H and O–H groups in total. The third-order valence-corrected chi connectivity index (χ3v) is 2.69. The first kappa shape index (κ1) is 10.4. The van der Waals surface area contributed by atoms with Crippen molar-refractivity contribution in [2.75, 3.05) is 6.61 Å². The monoisotopic (exact) mass is 200 g/mol. The molecule has 1 rings (SSSR count). The minimum atomic E-state index is -0.156. The normalized spacial score (nSPS) is 28.6. The summed E-state index contributed by atoms with van der Waals surface area (Å²) in [6.45, 7) is 6.23. The number of carbonyl (C=O) groups is 1. The Bertz CT molecular complexity index is 272. The fourth-order valence-corrected chi connectivity index (χ4v) is 1.76. The highest BCUT2D eigenvalue weighted by molar-refractivity contribution is 6.30. The lowest BCUT2D eigenvalue weighted by atomic mass is 10.1. The highest BCUT2D eigenvalue weighted by atomic mass is 35.5. The molecule has 0 saturated heterocycles. The predicted molar refractivity (Wildman–Crippen MR) is 51.0 cm³/mol. The molecule has 0 aromatic carbocycles. The van der Waals surface area contributed by atoms with Gasteiger partial charge >= 0.3 is 5.97 Å². The van der Waals surface area contributed by atoms with Crippen LogP contribution in [-0.2, 0) is 9.53 Å². The van der Waals surface area contributed by atoms with Gasteiger partial charge in [0.2, 0.25) is 0 Å². The van der Waals surface area contributed by atoms with Gasteiger partial charge in [-0.25, -0.2) is 0 Å². The van der Waals surface area contributed by atoms with E-state index in [-0.39, 0.29) is 23.2 Å². The van der Waals surface area contributed by atoms with Gasteiger partial charge in [0.1, 0.15) is 0 Å². The van der Waals surface area contributed by atoms with Gasteiger partial charge in [0.05, 0.1) is 12.5 Å². The maximum absolute atomic E-state index is 11.4. The fraction of sp³-hybridized carbons (Fsp3) is 0.700. The van der Waals surface area contributed by atoms with Crippen LogP contribution in [-0.4, -0.2) is 12.6 Å². The lowest BCUT2D eigenvalue weighted by Crippen LogP contribution is -2.10. The van der Waals surface area contributed by atoms with Gasteiger partial charge in [0, 0.05) is 11.3 Å². The van der Waals surface area contributed by atoms with Crippen LogP contribution in [0, 0.1) is 28.6 Å². The molecule has 3 heteroatoms. The van der Waals surface area contributed by atoms with E-state index in [9.17, 15) is 4.79 Å². The van der Waals surface area contributed by atoms with Crippen LogP contribution in [0.4, 0.5) is 0 Å². The van der Waals surface area contributed by atoms with E-state index in [0.717, 1.165) is 0 Å². The summed E-state index contributed by atoms with van der Waals surface area (Å²) in [6.07, 6.45) is 0. The van der Waals surface area contributed by atoms with E-state index in [1.807, 2.05) is 13.8 Å². The zero-order chi connectivity index (χ0) is 10.1. The Morgan fingerprint density at radius 2 is 2.23 bits per heavy atom. The van der Waals surface area contributed by atoms with Gasteiger partial charge < -0.3 is 4.74 Å². The fourth-order valence-electron chi connectivity index (χ4n) is 1.64. The average molecular weight is 201 g/mol. The number of ether oxygens (including phenoxy) is 1.